The number of halogens is 1. The Balaban J connectivity index is 1.63. The van der Waals surface area contributed by atoms with Crippen molar-refractivity contribution in [2.75, 3.05) is 13.1 Å². The van der Waals surface area contributed by atoms with Crippen molar-refractivity contribution < 1.29 is 14.3 Å². The predicted molar refractivity (Wildman–Crippen MR) is 91.2 cm³/mol. The summed E-state index contributed by atoms with van der Waals surface area (Å²) in [6.07, 6.45) is 1.70. The Morgan fingerprint density at radius 2 is 1.71 bits per heavy atom. The molecule has 1 heterocycles. The van der Waals surface area contributed by atoms with Crippen LogP contribution in [0.4, 0.5) is 4.39 Å². The number of hydrogen-bond acceptors (Lipinski definition) is 2. The molecule has 24 heavy (non-hydrogen) atoms. The van der Waals surface area contributed by atoms with Gasteiger partial charge in [0.05, 0.1) is 5.92 Å². The second kappa shape index (κ2) is 7.58. The van der Waals surface area contributed by atoms with Crippen molar-refractivity contribution in [2.45, 2.75) is 25.3 Å². The molecule has 1 aliphatic heterocycles. The lowest BCUT2D eigenvalue weighted by Crippen LogP contribution is -2.36. The van der Waals surface area contributed by atoms with Crippen LogP contribution < -0.4 is 0 Å². The minimum atomic E-state index is -0.817. The number of benzene rings is 2. The Morgan fingerprint density at radius 1 is 1.08 bits per heavy atom. The third-order valence-electron chi connectivity index (χ3n) is 4.85. The molecule has 3 rings (SSSR count). The molecule has 4 heteroatoms. The highest BCUT2D eigenvalue weighted by atomic mass is 19.1. The summed E-state index contributed by atoms with van der Waals surface area (Å²) in [6.45, 7) is 2.69. The number of carboxylic acids is 1. The van der Waals surface area contributed by atoms with Gasteiger partial charge in [-0.05, 0) is 55.1 Å². The van der Waals surface area contributed by atoms with Gasteiger partial charge in [-0.25, -0.2) is 4.39 Å². The molecule has 0 radical (unpaired) electrons. The maximum Gasteiger partial charge on any atom is 0.311 e. The maximum absolute atomic E-state index is 13.1. The first-order valence-electron chi connectivity index (χ1n) is 8.38. The van der Waals surface area contributed by atoms with E-state index >= 15 is 0 Å². The van der Waals surface area contributed by atoms with Crippen molar-refractivity contribution in [3.8, 4) is 0 Å². The van der Waals surface area contributed by atoms with Crippen LogP contribution in [0.25, 0.3) is 0 Å². The van der Waals surface area contributed by atoms with E-state index in [9.17, 15) is 14.3 Å². The van der Waals surface area contributed by atoms with Gasteiger partial charge in [0, 0.05) is 6.54 Å². The average Bonchev–Trinajstić information content (AvgIpc) is 2.59. The fourth-order valence-electron chi connectivity index (χ4n) is 3.57. The largest absolute Gasteiger partial charge is 0.481 e. The van der Waals surface area contributed by atoms with Crippen LogP contribution in [0, 0.1) is 11.7 Å². The second-order valence-corrected chi connectivity index (χ2v) is 6.47. The summed E-state index contributed by atoms with van der Waals surface area (Å²) in [5, 5.41) is 9.64. The lowest BCUT2D eigenvalue weighted by molar-refractivity contribution is -0.140. The molecule has 2 aromatic carbocycles. The molecule has 0 aliphatic carbocycles. The first kappa shape index (κ1) is 16.7. The average molecular weight is 327 g/mol. The van der Waals surface area contributed by atoms with Crippen LogP contribution in [0.5, 0.6) is 0 Å². The van der Waals surface area contributed by atoms with Gasteiger partial charge in [0.2, 0.25) is 0 Å². The summed E-state index contributed by atoms with van der Waals surface area (Å²) < 4.78 is 13.1. The number of hydrogen-bond donors (Lipinski definition) is 1. The van der Waals surface area contributed by atoms with Gasteiger partial charge in [0.15, 0.2) is 0 Å². The Kier molecular flexibility index (Phi) is 5.26. The Morgan fingerprint density at radius 3 is 2.29 bits per heavy atom. The van der Waals surface area contributed by atoms with Crippen LogP contribution in [-0.2, 0) is 11.3 Å². The zero-order valence-corrected chi connectivity index (χ0v) is 13.6. The Bertz CT molecular complexity index is 664. The van der Waals surface area contributed by atoms with Crippen molar-refractivity contribution in [3.63, 3.8) is 0 Å². The first-order valence-corrected chi connectivity index (χ1v) is 8.38. The third-order valence-corrected chi connectivity index (χ3v) is 4.85. The lowest BCUT2D eigenvalue weighted by Gasteiger charge is -2.34. The van der Waals surface area contributed by atoms with Crippen molar-refractivity contribution in [1.82, 2.24) is 4.90 Å². The molecule has 2 aromatic rings. The molecule has 1 saturated heterocycles. The summed E-state index contributed by atoms with van der Waals surface area (Å²) in [4.78, 5) is 14.1. The minimum absolute atomic E-state index is 0.0972. The van der Waals surface area contributed by atoms with E-state index in [2.05, 4.69) is 17.0 Å². The predicted octanol–water partition coefficient (Wildman–Crippen LogP) is 3.91. The number of nitrogens with zero attached hydrogens (tertiary/aromatic N) is 1. The maximum atomic E-state index is 13.1. The van der Waals surface area contributed by atoms with Gasteiger partial charge in [-0.2, -0.15) is 0 Å². The zero-order valence-electron chi connectivity index (χ0n) is 13.6. The molecule has 0 aromatic heterocycles. The molecule has 0 spiro atoms. The zero-order chi connectivity index (χ0) is 16.9. The normalized spacial score (nSPS) is 17.5. The topological polar surface area (TPSA) is 40.5 Å². The Labute approximate surface area is 141 Å². The van der Waals surface area contributed by atoms with E-state index < -0.39 is 11.9 Å². The number of piperidine rings is 1. The quantitative estimate of drug-likeness (QED) is 0.905. The van der Waals surface area contributed by atoms with Crippen molar-refractivity contribution in [1.29, 1.82) is 0 Å². The van der Waals surface area contributed by atoms with E-state index in [1.165, 1.54) is 17.7 Å². The van der Waals surface area contributed by atoms with Crippen molar-refractivity contribution in [3.05, 3.63) is 71.5 Å². The molecular formula is C20H22FNO2. The minimum Gasteiger partial charge on any atom is -0.481 e. The molecule has 1 aliphatic rings. The number of carbonyl (C=O) groups is 1. The molecule has 1 unspecified atom stereocenters. The van der Waals surface area contributed by atoms with Crippen molar-refractivity contribution >= 4 is 5.97 Å². The molecule has 1 atom stereocenters. The SMILES string of the molecule is O=C(O)C(c1ccc(F)cc1)C1CCN(Cc2ccccc2)CC1. The van der Waals surface area contributed by atoms with Crippen molar-refractivity contribution in [2.24, 2.45) is 5.92 Å². The Hall–Kier alpha value is -2.20. The fourth-order valence-corrected chi connectivity index (χ4v) is 3.57. The van der Waals surface area contributed by atoms with Crippen LogP contribution >= 0.6 is 0 Å². The number of likely N-dealkylation sites (tertiary alicyclic amines) is 1. The number of carboxylic acid groups (broad SMARTS) is 1. The highest BCUT2D eigenvalue weighted by Gasteiger charge is 2.32. The van der Waals surface area contributed by atoms with Gasteiger partial charge in [-0.15, -0.1) is 0 Å². The van der Waals surface area contributed by atoms with Gasteiger partial charge in [0.25, 0.3) is 0 Å². The van der Waals surface area contributed by atoms with E-state index in [1.807, 2.05) is 18.2 Å². The molecule has 3 nitrogen and oxygen atoms in total. The molecule has 0 bridgehead atoms. The standard InChI is InChI=1S/C20H22FNO2/c21-18-8-6-16(7-9-18)19(20(23)24)17-10-12-22(13-11-17)14-15-4-2-1-3-5-15/h1-9,17,19H,10-14H2,(H,23,24). The summed E-state index contributed by atoms with van der Waals surface area (Å²) in [6, 6.07) is 16.2. The summed E-state index contributed by atoms with van der Waals surface area (Å²) in [5.41, 5.74) is 1.98. The van der Waals surface area contributed by atoms with Crippen LogP contribution in [0.2, 0.25) is 0 Å². The van der Waals surface area contributed by atoms with Crippen LogP contribution in [-0.4, -0.2) is 29.1 Å². The van der Waals surface area contributed by atoms with Crippen LogP contribution in [0.3, 0.4) is 0 Å². The number of rotatable bonds is 5. The van der Waals surface area contributed by atoms with E-state index in [1.54, 1.807) is 12.1 Å². The van der Waals surface area contributed by atoms with Gasteiger partial charge in [-0.3, -0.25) is 9.69 Å². The molecule has 0 saturated carbocycles. The number of aliphatic carboxylic acids is 1. The first-order chi connectivity index (χ1) is 11.6. The van der Waals surface area contributed by atoms with Gasteiger partial charge in [0.1, 0.15) is 5.82 Å². The van der Waals surface area contributed by atoms with E-state index in [0.29, 0.717) is 5.56 Å². The smallest absolute Gasteiger partial charge is 0.311 e. The van der Waals surface area contributed by atoms with Crippen LogP contribution in [0.15, 0.2) is 54.6 Å². The van der Waals surface area contributed by atoms with E-state index in [-0.39, 0.29) is 11.7 Å². The van der Waals surface area contributed by atoms with Gasteiger partial charge >= 0.3 is 5.97 Å². The lowest BCUT2D eigenvalue weighted by atomic mass is 9.80. The monoisotopic (exact) mass is 327 g/mol. The molecule has 1 N–H and O–H groups in total. The molecule has 0 amide bonds. The molecule has 1 fully saturated rings. The van der Waals surface area contributed by atoms with Gasteiger partial charge in [-0.1, -0.05) is 42.5 Å². The summed E-state index contributed by atoms with van der Waals surface area (Å²) >= 11 is 0. The van der Waals surface area contributed by atoms with Crippen LogP contribution in [0.1, 0.15) is 29.9 Å². The highest BCUT2D eigenvalue weighted by molar-refractivity contribution is 5.76. The third kappa shape index (κ3) is 4.01. The van der Waals surface area contributed by atoms with Gasteiger partial charge < -0.3 is 5.11 Å². The van der Waals surface area contributed by atoms with E-state index in [4.69, 9.17) is 0 Å². The second-order valence-electron chi connectivity index (χ2n) is 6.47. The fraction of sp³-hybridized carbons (Fsp3) is 0.350. The summed E-state index contributed by atoms with van der Waals surface area (Å²) in [7, 11) is 0. The summed E-state index contributed by atoms with van der Waals surface area (Å²) in [5.74, 6) is -1.60. The highest BCUT2D eigenvalue weighted by Crippen LogP contribution is 2.33. The van der Waals surface area contributed by atoms with E-state index in [0.717, 1.165) is 32.5 Å². The molecular weight excluding hydrogens is 305 g/mol. The molecule has 126 valence electrons.